The standard InChI is InChI=1S/C15H21N3O3/c1-11-15(20)18(8-4-7-16-11)10-14(19)17-12-5-3-6-13(9-12)21-2/h3,5-6,9,11,16H,4,7-8,10H2,1-2H3,(H,17,19). The van der Waals surface area contributed by atoms with E-state index in [0.29, 0.717) is 18.0 Å². The summed E-state index contributed by atoms with van der Waals surface area (Å²) >= 11 is 0. The third-order valence-electron chi connectivity index (χ3n) is 3.43. The molecule has 1 saturated heterocycles. The van der Waals surface area contributed by atoms with Gasteiger partial charge in [0.05, 0.1) is 19.7 Å². The topological polar surface area (TPSA) is 70.7 Å². The summed E-state index contributed by atoms with van der Waals surface area (Å²) in [5.41, 5.74) is 0.660. The molecule has 0 radical (unpaired) electrons. The average Bonchev–Trinajstić information content (AvgIpc) is 2.63. The van der Waals surface area contributed by atoms with Crippen LogP contribution >= 0.6 is 0 Å². The van der Waals surface area contributed by atoms with E-state index in [1.165, 1.54) is 0 Å². The van der Waals surface area contributed by atoms with Crippen molar-refractivity contribution in [1.82, 2.24) is 10.2 Å². The Morgan fingerprint density at radius 3 is 3.10 bits per heavy atom. The minimum Gasteiger partial charge on any atom is -0.497 e. The quantitative estimate of drug-likeness (QED) is 0.862. The summed E-state index contributed by atoms with van der Waals surface area (Å²) in [6, 6.07) is 6.90. The van der Waals surface area contributed by atoms with Gasteiger partial charge in [0.1, 0.15) is 5.75 Å². The van der Waals surface area contributed by atoms with Crippen LogP contribution in [0.25, 0.3) is 0 Å². The van der Waals surface area contributed by atoms with Crippen molar-refractivity contribution < 1.29 is 14.3 Å². The Balaban J connectivity index is 1.95. The van der Waals surface area contributed by atoms with Crippen LogP contribution in [0.3, 0.4) is 0 Å². The van der Waals surface area contributed by atoms with Crippen LogP contribution in [-0.4, -0.2) is 49.5 Å². The van der Waals surface area contributed by atoms with Crippen LogP contribution in [0.2, 0.25) is 0 Å². The monoisotopic (exact) mass is 291 g/mol. The number of carbonyl (C=O) groups is 2. The summed E-state index contributed by atoms with van der Waals surface area (Å²) in [6.07, 6.45) is 0.850. The van der Waals surface area contributed by atoms with Gasteiger partial charge in [0.25, 0.3) is 0 Å². The van der Waals surface area contributed by atoms with Gasteiger partial charge in [-0.05, 0) is 32.0 Å². The van der Waals surface area contributed by atoms with Gasteiger partial charge in [0, 0.05) is 18.3 Å². The van der Waals surface area contributed by atoms with Crippen LogP contribution in [0.4, 0.5) is 5.69 Å². The maximum absolute atomic E-state index is 12.1. The fraction of sp³-hybridized carbons (Fsp3) is 0.467. The largest absolute Gasteiger partial charge is 0.497 e. The van der Waals surface area contributed by atoms with Crippen molar-refractivity contribution in [2.45, 2.75) is 19.4 Å². The molecule has 2 amide bonds. The van der Waals surface area contributed by atoms with Crippen molar-refractivity contribution >= 4 is 17.5 Å². The lowest BCUT2D eigenvalue weighted by Gasteiger charge is -2.22. The van der Waals surface area contributed by atoms with Crippen molar-refractivity contribution in [2.75, 3.05) is 32.1 Å². The van der Waals surface area contributed by atoms with E-state index in [4.69, 9.17) is 4.74 Å². The van der Waals surface area contributed by atoms with Gasteiger partial charge in [0.2, 0.25) is 11.8 Å². The first-order chi connectivity index (χ1) is 10.1. The smallest absolute Gasteiger partial charge is 0.243 e. The van der Waals surface area contributed by atoms with E-state index in [1.807, 2.05) is 6.92 Å². The number of hydrogen-bond acceptors (Lipinski definition) is 4. The second-order valence-electron chi connectivity index (χ2n) is 5.07. The number of nitrogens with one attached hydrogen (secondary N) is 2. The second kappa shape index (κ2) is 7.08. The molecule has 1 heterocycles. The van der Waals surface area contributed by atoms with Gasteiger partial charge in [-0.25, -0.2) is 0 Å². The van der Waals surface area contributed by atoms with Crippen molar-refractivity contribution in [3.05, 3.63) is 24.3 Å². The summed E-state index contributed by atoms with van der Waals surface area (Å²) in [6.45, 7) is 3.28. The second-order valence-corrected chi connectivity index (χ2v) is 5.07. The molecule has 2 rings (SSSR count). The molecule has 1 aromatic rings. The normalized spacial score (nSPS) is 19.0. The zero-order chi connectivity index (χ0) is 15.2. The first-order valence-electron chi connectivity index (χ1n) is 7.06. The molecular formula is C15H21N3O3. The summed E-state index contributed by atoms with van der Waals surface area (Å²) in [5, 5.41) is 5.91. The Bertz CT molecular complexity index is 519. The zero-order valence-electron chi connectivity index (χ0n) is 12.4. The zero-order valence-corrected chi connectivity index (χ0v) is 12.4. The molecule has 0 bridgehead atoms. The molecule has 1 aromatic carbocycles. The van der Waals surface area contributed by atoms with Crippen LogP contribution in [0, 0.1) is 0 Å². The highest BCUT2D eigenvalue weighted by molar-refractivity contribution is 5.95. The molecule has 21 heavy (non-hydrogen) atoms. The van der Waals surface area contributed by atoms with Gasteiger partial charge in [-0.1, -0.05) is 6.07 Å². The van der Waals surface area contributed by atoms with Gasteiger partial charge in [-0.15, -0.1) is 0 Å². The molecule has 6 heteroatoms. The van der Waals surface area contributed by atoms with E-state index in [-0.39, 0.29) is 24.4 Å². The predicted octanol–water partition coefficient (Wildman–Crippen LogP) is 0.844. The summed E-state index contributed by atoms with van der Waals surface area (Å²) in [5.74, 6) is 0.440. The molecule has 1 aliphatic rings. The molecule has 2 N–H and O–H groups in total. The Kier molecular flexibility index (Phi) is 5.16. The lowest BCUT2D eigenvalue weighted by atomic mass is 10.3. The van der Waals surface area contributed by atoms with E-state index in [9.17, 15) is 9.59 Å². The third-order valence-corrected chi connectivity index (χ3v) is 3.43. The van der Waals surface area contributed by atoms with E-state index in [0.717, 1.165) is 13.0 Å². The Morgan fingerprint density at radius 1 is 1.52 bits per heavy atom. The minimum absolute atomic E-state index is 0.0340. The van der Waals surface area contributed by atoms with Gasteiger partial charge in [0.15, 0.2) is 0 Å². The van der Waals surface area contributed by atoms with E-state index in [2.05, 4.69) is 10.6 Å². The average molecular weight is 291 g/mol. The van der Waals surface area contributed by atoms with Gasteiger partial charge in [-0.3, -0.25) is 9.59 Å². The highest BCUT2D eigenvalue weighted by Gasteiger charge is 2.24. The van der Waals surface area contributed by atoms with Gasteiger partial charge < -0.3 is 20.3 Å². The number of amides is 2. The molecular weight excluding hydrogens is 270 g/mol. The van der Waals surface area contributed by atoms with E-state index < -0.39 is 0 Å². The molecule has 0 spiro atoms. The Labute approximate surface area is 124 Å². The fourth-order valence-corrected chi connectivity index (χ4v) is 2.29. The molecule has 1 unspecified atom stereocenters. The van der Waals surface area contributed by atoms with Crippen LogP contribution in [0.1, 0.15) is 13.3 Å². The molecule has 114 valence electrons. The number of nitrogens with zero attached hydrogens (tertiary/aromatic N) is 1. The minimum atomic E-state index is -0.239. The predicted molar refractivity (Wildman–Crippen MR) is 80.3 cm³/mol. The van der Waals surface area contributed by atoms with Crippen molar-refractivity contribution in [3.8, 4) is 5.75 Å². The highest BCUT2D eigenvalue weighted by atomic mass is 16.5. The lowest BCUT2D eigenvalue weighted by molar-refractivity contribution is -0.135. The number of anilines is 1. The SMILES string of the molecule is COc1cccc(NC(=O)CN2CCCNC(C)C2=O)c1. The molecule has 0 aromatic heterocycles. The molecule has 1 aliphatic heterocycles. The summed E-state index contributed by atoms with van der Waals surface area (Å²) < 4.78 is 5.11. The fourth-order valence-electron chi connectivity index (χ4n) is 2.29. The number of ether oxygens (including phenoxy) is 1. The molecule has 1 atom stereocenters. The van der Waals surface area contributed by atoms with E-state index in [1.54, 1.807) is 36.3 Å². The Morgan fingerprint density at radius 2 is 2.33 bits per heavy atom. The summed E-state index contributed by atoms with van der Waals surface area (Å²) in [7, 11) is 1.57. The first kappa shape index (κ1) is 15.3. The van der Waals surface area contributed by atoms with Crippen LogP contribution in [0.15, 0.2) is 24.3 Å². The molecule has 0 saturated carbocycles. The highest BCUT2D eigenvalue weighted by Crippen LogP contribution is 2.16. The van der Waals surface area contributed by atoms with Crippen LogP contribution in [-0.2, 0) is 9.59 Å². The van der Waals surface area contributed by atoms with E-state index >= 15 is 0 Å². The third kappa shape index (κ3) is 4.19. The van der Waals surface area contributed by atoms with Crippen molar-refractivity contribution in [3.63, 3.8) is 0 Å². The lowest BCUT2D eigenvalue weighted by Crippen LogP contribution is -2.44. The van der Waals surface area contributed by atoms with Gasteiger partial charge in [-0.2, -0.15) is 0 Å². The maximum atomic E-state index is 12.1. The number of benzene rings is 1. The van der Waals surface area contributed by atoms with Gasteiger partial charge >= 0.3 is 0 Å². The summed E-state index contributed by atoms with van der Waals surface area (Å²) in [4.78, 5) is 25.8. The number of carbonyl (C=O) groups excluding carboxylic acids is 2. The molecule has 0 aliphatic carbocycles. The van der Waals surface area contributed by atoms with Crippen molar-refractivity contribution in [1.29, 1.82) is 0 Å². The first-order valence-corrected chi connectivity index (χ1v) is 7.06. The maximum Gasteiger partial charge on any atom is 0.243 e. The van der Waals surface area contributed by atoms with Crippen molar-refractivity contribution in [2.24, 2.45) is 0 Å². The molecule has 6 nitrogen and oxygen atoms in total. The van der Waals surface area contributed by atoms with Crippen LogP contribution < -0.4 is 15.4 Å². The number of hydrogen-bond donors (Lipinski definition) is 2. The van der Waals surface area contributed by atoms with Crippen LogP contribution in [0.5, 0.6) is 5.75 Å². The Hall–Kier alpha value is -2.08. The number of rotatable bonds is 4. The number of methoxy groups -OCH3 is 1. The molecule has 1 fully saturated rings.